The van der Waals surface area contributed by atoms with E-state index in [-0.39, 0.29) is 12.5 Å². The summed E-state index contributed by atoms with van der Waals surface area (Å²) in [6.45, 7) is 7.95. The molecule has 0 fully saturated rings. The van der Waals surface area contributed by atoms with E-state index in [0.29, 0.717) is 18.7 Å². The Labute approximate surface area is 239 Å². The molecule has 1 unspecified atom stereocenters. The summed E-state index contributed by atoms with van der Waals surface area (Å²) in [5.74, 6) is -0.698. The number of nitrogens with zero attached hydrogens (tertiary/aromatic N) is 2. The zero-order chi connectivity index (χ0) is 29.3. The molecule has 0 saturated carbocycles. The van der Waals surface area contributed by atoms with Gasteiger partial charge in [-0.3, -0.25) is 13.9 Å². The number of unbranched alkanes of at least 4 members (excludes halogenated alkanes) is 1. The zero-order valence-electron chi connectivity index (χ0n) is 24.2. The Bertz CT molecular complexity index is 1370. The maximum atomic E-state index is 14.2. The van der Waals surface area contributed by atoms with Gasteiger partial charge in [-0.2, -0.15) is 0 Å². The van der Waals surface area contributed by atoms with Gasteiger partial charge in [-0.15, -0.1) is 0 Å². The molecule has 0 saturated heterocycles. The molecule has 0 heterocycles. The number of carbonyl (C=O) groups is 2. The predicted molar refractivity (Wildman–Crippen MR) is 162 cm³/mol. The van der Waals surface area contributed by atoms with E-state index in [1.807, 2.05) is 100 Å². The van der Waals surface area contributed by atoms with Crippen LogP contribution in [0.15, 0.2) is 72.8 Å². The minimum absolute atomic E-state index is 0.169. The van der Waals surface area contributed by atoms with Crippen molar-refractivity contribution in [3.63, 3.8) is 0 Å². The van der Waals surface area contributed by atoms with Crippen molar-refractivity contribution in [2.24, 2.45) is 0 Å². The van der Waals surface area contributed by atoms with Crippen LogP contribution in [0.1, 0.15) is 47.6 Å². The van der Waals surface area contributed by atoms with Gasteiger partial charge in [0.15, 0.2) is 0 Å². The number of anilines is 1. The molecule has 0 aromatic heterocycles. The second-order valence-corrected chi connectivity index (χ2v) is 12.3. The Morgan fingerprint density at radius 3 is 2.05 bits per heavy atom. The first-order chi connectivity index (χ1) is 19.0. The van der Waals surface area contributed by atoms with Crippen LogP contribution in [0.2, 0.25) is 0 Å². The summed E-state index contributed by atoms with van der Waals surface area (Å²) in [6, 6.07) is 22.1. The average Bonchev–Trinajstić information content (AvgIpc) is 2.91. The predicted octanol–water partition coefficient (Wildman–Crippen LogP) is 4.93. The summed E-state index contributed by atoms with van der Waals surface area (Å²) in [5, 5.41) is 3.00. The second-order valence-electron chi connectivity index (χ2n) is 10.4. The third-order valence-corrected chi connectivity index (χ3v) is 8.05. The first kappa shape index (κ1) is 30.9. The fourth-order valence-electron chi connectivity index (χ4n) is 4.73. The van der Waals surface area contributed by atoms with Gasteiger partial charge in [0.1, 0.15) is 12.6 Å². The number of hydrogen-bond donors (Lipinski definition) is 1. The van der Waals surface area contributed by atoms with Crippen LogP contribution in [0.5, 0.6) is 0 Å². The Morgan fingerprint density at radius 1 is 0.850 bits per heavy atom. The fourth-order valence-corrected chi connectivity index (χ4v) is 5.69. The molecule has 3 aromatic rings. The molecule has 1 N–H and O–H groups in total. The van der Waals surface area contributed by atoms with Gasteiger partial charge in [-0.05, 0) is 49.4 Å². The van der Waals surface area contributed by atoms with Crippen molar-refractivity contribution in [2.75, 3.05) is 23.7 Å². The first-order valence-electron chi connectivity index (χ1n) is 13.7. The summed E-state index contributed by atoms with van der Waals surface area (Å²) < 4.78 is 27.2. The van der Waals surface area contributed by atoms with E-state index in [0.717, 1.165) is 51.2 Å². The molecule has 7 nitrogen and oxygen atoms in total. The SMILES string of the molecule is CCCCNC(=O)C(Cc1ccccc1)N(Cc1ccc(C)cc1)C(=O)CN(c1c(C)cccc1C)S(C)(=O)=O. The molecule has 0 radical (unpaired) electrons. The minimum atomic E-state index is -3.81. The standard InChI is InChI=1S/C32H41N3O4S/c1-6-7-20-33-32(37)29(21-27-14-9-8-10-15-27)34(22-28-18-16-24(2)17-19-28)30(36)23-35(40(5,38)39)31-25(3)12-11-13-26(31)4/h8-19,29H,6-7,20-23H2,1-5H3,(H,33,37). The summed E-state index contributed by atoms with van der Waals surface area (Å²) in [6.07, 6.45) is 3.16. The lowest BCUT2D eigenvalue weighted by Gasteiger charge is -2.34. The number of benzene rings is 3. The molecular weight excluding hydrogens is 522 g/mol. The van der Waals surface area contributed by atoms with E-state index in [1.165, 1.54) is 4.90 Å². The topological polar surface area (TPSA) is 86.8 Å². The molecule has 0 aliphatic heterocycles. The average molecular weight is 564 g/mol. The van der Waals surface area contributed by atoms with Crippen LogP contribution in [0.4, 0.5) is 5.69 Å². The zero-order valence-corrected chi connectivity index (χ0v) is 25.0. The van der Waals surface area contributed by atoms with Gasteiger partial charge in [0.2, 0.25) is 21.8 Å². The molecule has 0 bridgehead atoms. The largest absolute Gasteiger partial charge is 0.354 e. The van der Waals surface area contributed by atoms with Crippen molar-refractivity contribution in [1.82, 2.24) is 10.2 Å². The van der Waals surface area contributed by atoms with Crippen molar-refractivity contribution in [1.29, 1.82) is 0 Å². The lowest BCUT2D eigenvalue weighted by Crippen LogP contribution is -2.53. The van der Waals surface area contributed by atoms with Gasteiger partial charge in [-0.1, -0.05) is 91.7 Å². The lowest BCUT2D eigenvalue weighted by atomic mass is 10.0. The van der Waals surface area contributed by atoms with E-state index in [2.05, 4.69) is 5.32 Å². The van der Waals surface area contributed by atoms with E-state index in [4.69, 9.17) is 0 Å². The Balaban J connectivity index is 2.06. The van der Waals surface area contributed by atoms with Crippen LogP contribution in [0, 0.1) is 20.8 Å². The van der Waals surface area contributed by atoms with Gasteiger partial charge in [0.25, 0.3) is 0 Å². The number of nitrogens with one attached hydrogen (secondary N) is 1. The van der Waals surface area contributed by atoms with E-state index in [1.54, 1.807) is 0 Å². The summed E-state index contributed by atoms with van der Waals surface area (Å²) >= 11 is 0. The summed E-state index contributed by atoms with van der Waals surface area (Å²) in [5.41, 5.74) is 4.84. The Morgan fingerprint density at radius 2 is 1.48 bits per heavy atom. The lowest BCUT2D eigenvalue weighted by molar-refractivity contribution is -0.140. The van der Waals surface area contributed by atoms with Crippen molar-refractivity contribution < 1.29 is 18.0 Å². The maximum absolute atomic E-state index is 14.2. The highest BCUT2D eigenvalue weighted by molar-refractivity contribution is 7.92. The normalized spacial score (nSPS) is 12.0. The number of rotatable bonds is 13. The van der Waals surface area contributed by atoms with Crippen LogP contribution >= 0.6 is 0 Å². The number of amides is 2. The number of para-hydroxylation sites is 1. The molecule has 3 rings (SSSR count). The minimum Gasteiger partial charge on any atom is -0.354 e. The molecule has 0 aliphatic rings. The highest BCUT2D eigenvalue weighted by atomic mass is 32.2. The van der Waals surface area contributed by atoms with E-state index >= 15 is 0 Å². The molecule has 2 amide bonds. The van der Waals surface area contributed by atoms with Gasteiger partial charge >= 0.3 is 0 Å². The third-order valence-electron chi connectivity index (χ3n) is 6.94. The number of hydrogen-bond acceptors (Lipinski definition) is 4. The Kier molecular flexibility index (Phi) is 10.9. The van der Waals surface area contributed by atoms with Crippen molar-refractivity contribution in [2.45, 2.75) is 59.5 Å². The van der Waals surface area contributed by atoms with Crippen molar-refractivity contribution in [3.8, 4) is 0 Å². The van der Waals surface area contributed by atoms with Crippen LogP contribution < -0.4 is 9.62 Å². The van der Waals surface area contributed by atoms with Crippen LogP contribution in [-0.4, -0.2) is 50.5 Å². The quantitative estimate of drug-likeness (QED) is 0.299. The monoisotopic (exact) mass is 563 g/mol. The fraction of sp³-hybridized carbons (Fsp3) is 0.375. The third kappa shape index (κ3) is 8.42. The van der Waals surface area contributed by atoms with Gasteiger partial charge in [0.05, 0.1) is 11.9 Å². The molecule has 0 aliphatic carbocycles. The Hall–Kier alpha value is -3.65. The molecule has 1 atom stereocenters. The van der Waals surface area contributed by atoms with Crippen molar-refractivity contribution >= 4 is 27.5 Å². The number of carbonyl (C=O) groups excluding carboxylic acids is 2. The van der Waals surface area contributed by atoms with Crippen molar-refractivity contribution in [3.05, 3.63) is 101 Å². The first-order valence-corrected chi connectivity index (χ1v) is 15.6. The van der Waals surface area contributed by atoms with Gasteiger partial charge in [0, 0.05) is 19.5 Å². The molecule has 0 spiro atoms. The molecule has 3 aromatic carbocycles. The number of sulfonamides is 1. The van der Waals surface area contributed by atoms with Gasteiger partial charge in [-0.25, -0.2) is 8.42 Å². The van der Waals surface area contributed by atoms with E-state index < -0.39 is 28.5 Å². The maximum Gasteiger partial charge on any atom is 0.244 e. The molecular formula is C32H41N3O4S. The smallest absolute Gasteiger partial charge is 0.244 e. The highest BCUT2D eigenvalue weighted by Gasteiger charge is 2.33. The van der Waals surface area contributed by atoms with Crippen LogP contribution in [0.25, 0.3) is 0 Å². The van der Waals surface area contributed by atoms with Crippen LogP contribution in [0.3, 0.4) is 0 Å². The summed E-state index contributed by atoms with van der Waals surface area (Å²) in [7, 11) is -3.81. The van der Waals surface area contributed by atoms with E-state index in [9.17, 15) is 18.0 Å². The molecule has 40 heavy (non-hydrogen) atoms. The molecule has 214 valence electrons. The van der Waals surface area contributed by atoms with Crippen LogP contribution in [-0.2, 0) is 32.6 Å². The highest BCUT2D eigenvalue weighted by Crippen LogP contribution is 2.27. The second kappa shape index (κ2) is 14.1. The molecule has 8 heteroatoms. The van der Waals surface area contributed by atoms with Gasteiger partial charge < -0.3 is 10.2 Å². The number of aryl methyl sites for hydroxylation is 3. The summed E-state index contributed by atoms with van der Waals surface area (Å²) in [4.78, 5) is 29.3.